The number of fused-ring (bicyclic) bond motifs is 6. The van der Waals surface area contributed by atoms with Crippen molar-refractivity contribution in [3.63, 3.8) is 0 Å². The van der Waals surface area contributed by atoms with Gasteiger partial charge in [0.05, 0.1) is 18.2 Å². The van der Waals surface area contributed by atoms with Gasteiger partial charge in [-0.15, -0.1) is 0 Å². The van der Waals surface area contributed by atoms with Gasteiger partial charge in [0.2, 0.25) is 0 Å². The lowest BCUT2D eigenvalue weighted by Gasteiger charge is -2.55. The number of benzene rings is 1. The highest BCUT2D eigenvalue weighted by atomic mass is 32.1. The molecule has 6 heteroatoms. The molecule has 31 heavy (non-hydrogen) atoms. The molecule has 0 spiro atoms. The summed E-state index contributed by atoms with van der Waals surface area (Å²) in [4.78, 5) is 17.1. The van der Waals surface area contributed by atoms with E-state index in [1.54, 1.807) is 17.7 Å². The molecule has 2 bridgehead atoms. The van der Waals surface area contributed by atoms with Crippen molar-refractivity contribution in [1.29, 1.82) is 0 Å². The molecule has 0 unspecified atom stereocenters. The lowest BCUT2D eigenvalue weighted by Crippen LogP contribution is -2.60. The van der Waals surface area contributed by atoms with E-state index in [0.717, 1.165) is 29.3 Å². The average molecular weight is 440 g/mol. The van der Waals surface area contributed by atoms with Crippen molar-refractivity contribution < 1.29 is 9.53 Å². The Morgan fingerprint density at radius 2 is 2.03 bits per heavy atom. The Hall–Kier alpha value is -1.92. The molecule has 0 aromatic heterocycles. The highest BCUT2D eigenvalue weighted by Gasteiger charge is 2.46. The van der Waals surface area contributed by atoms with Crippen molar-refractivity contribution in [3.05, 3.63) is 41.5 Å². The molecule has 3 saturated heterocycles. The fourth-order valence-electron chi connectivity index (χ4n) is 6.30. The maximum absolute atomic E-state index is 11.9. The Morgan fingerprint density at radius 1 is 1.19 bits per heavy atom. The fraction of sp³-hybridized carbons (Fsp3) is 0.600. The Bertz CT molecular complexity index is 868. The van der Waals surface area contributed by atoms with Crippen molar-refractivity contribution in [2.24, 2.45) is 11.8 Å². The third kappa shape index (κ3) is 4.12. The molecule has 1 aliphatic carbocycles. The molecule has 3 heterocycles. The number of rotatable bonds is 3. The van der Waals surface area contributed by atoms with Gasteiger partial charge in [0.15, 0.2) is 5.11 Å². The quantitative estimate of drug-likeness (QED) is 0.426. The van der Waals surface area contributed by atoms with E-state index in [1.165, 1.54) is 51.6 Å². The van der Waals surface area contributed by atoms with Gasteiger partial charge in [-0.1, -0.05) is 18.1 Å². The van der Waals surface area contributed by atoms with Gasteiger partial charge >= 0.3 is 5.97 Å². The van der Waals surface area contributed by atoms with Crippen LogP contribution in [-0.4, -0.2) is 59.2 Å². The van der Waals surface area contributed by atoms with Crippen molar-refractivity contribution in [3.8, 4) is 0 Å². The summed E-state index contributed by atoms with van der Waals surface area (Å²) < 4.78 is 5.08. The Morgan fingerprint density at radius 3 is 2.84 bits per heavy atom. The van der Waals surface area contributed by atoms with Gasteiger partial charge in [-0.05, 0) is 93.9 Å². The zero-order valence-corrected chi connectivity index (χ0v) is 19.2. The Kier molecular flexibility index (Phi) is 6.02. The highest BCUT2D eigenvalue weighted by molar-refractivity contribution is 7.80. The number of hydrogen-bond acceptors (Lipinski definition) is 4. The number of esters is 1. The van der Waals surface area contributed by atoms with Gasteiger partial charge in [-0.3, -0.25) is 4.90 Å². The minimum Gasteiger partial charge on any atom is -0.462 e. The van der Waals surface area contributed by atoms with E-state index in [0.29, 0.717) is 24.1 Å². The Labute approximate surface area is 190 Å². The molecule has 5 nitrogen and oxygen atoms in total. The molecular formula is C25H33N3O2S. The minimum absolute atomic E-state index is 0.285. The van der Waals surface area contributed by atoms with E-state index in [-0.39, 0.29) is 5.97 Å². The molecule has 0 radical (unpaired) electrons. The second-order valence-corrected chi connectivity index (χ2v) is 9.82. The van der Waals surface area contributed by atoms with Crippen LogP contribution >= 0.6 is 12.2 Å². The predicted octanol–water partition coefficient (Wildman–Crippen LogP) is 4.46. The molecule has 5 rings (SSSR count). The summed E-state index contributed by atoms with van der Waals surface area (Å²) in [7, 11) is 0. The summed E-state index contributed by atoms with van der Waals surface area (Å²) in [5, 5.41) is 4.24. The van der Waals surface area contributed by atoms with Gasteiger partial charge in [-0.25, -0.2) is 4.79 Å². The van der Waals surface area contributed by atoms with Crippen LogP contribution in [0.2, 0.25) is 0 Å². The van der Waals surface area contributed by atoms with Gasteiger partial charge in [0.25, 0.3) is 0 Å². The van der Waals surface area contributed by atoms with E-state index in [4.69, 9.17) is 17.0 Å². The van der Waals surface area contributed by atoms with Crippen molar-refractivity contribution in [2.45, 2.75) is 57.5 Å². The summed E-state index contributed by atoms with van der Waals surface area (Å²) in [6.45, 7) is 5.70. The van der Waals surface area contributed by atoms with E-state index >= 15 is 0 Å². The first-order valence-electron chi connectivity index (χ1n) is 11.9. The summed E-state index contributed by atoms with van der Waals surface area (Å²) in [6.07, 6.45) is 10.4. The van der Waals surface area contributed by atoms with E-state index in [2.05, 4.69) is 21.2 Å². The molecule has 1 aromatic carbocycles. The molecule has 4 atom stereocenters. The second kappa shape index (κ2) is 8.91. The predicted molar refractivity (Wildman–Crippen MR) is 127 cm³/mol. The molecule has 0 saturated carbocycles. The standard InChI is InChI=1S/C25H33N3O2S/c1-2-30-24(29)17-8-10-21(11-9-17)26-25(31)28-13-5-6-18-14-19-15-20(23(18)28)16-27-12-4-3-7-22(19)27/h8-11,14,19-20,22-23H,2-7,12-13,15-16H2,1H3,(H,26,31)/t19-,20-,22-,23-/m1/s1. The van der Waals surface area contributed by atoms with Crippen LogP contribution in [0.3, 0.4) is 0 Å². The SMILES string of the molecule is CCOC(=O)c1ccc(NC(=S)N2CCCC3=C[C@@H]4C[C@H](CN5CCCC[C@H]45)[C@@H]32)cc1. The smallest absolute Gasteiger partial charge is 0.338 e. The first-order valence-corrected chi connectivity index (χ1v) is 12.3. The number of nitrogens with zero attached hydrogens (tertiary/aromatic N) is 2. The average Bonchev–Trinajstić information content (AvgIpc) is 2.79. The van der Waals surface area contributed by atoms with Crippen LogP contribution in [0.5, 0.6) is 0 Å². The number of likely N-dealkylation sites (tertiary alicyclic amines) is 1. The van der Waals surface area contributed by atoms with Crippen LogP contribution < -0.4 is 5.32 Å². The zero-order chi connectivity index (χ0) is 21.4. The zero-order valence-electron chi connectivity index (χ0n) is 18.4. The number of hydrogen-bond donors (Lipinski definition) is 1. The first kappa shape index (κ1) is 21.0. The monoisotopic (exact) mass is 439 g/mol. The topological polar surface area (TPSA) is 44.8 Å². The van der Waals surface area contributed by atoms with Crippen LogP contribution in [0.25, 0.3) is 0 Å². The number of piperidine rings is 3. The highest BCUT2D eigenvalue weighted by Crippen LogP contribution is 2.45. The van der Waals surface area contributed by atoms with Crippen molar-refractivity contribution in [1.82, 2.24) is 9.80 Å². The summed E-state index contributed by atoms with van der Waals surface area (Å²) >= 11 is 5.90. The first-order chi connectivity index (χ1) is 15.1. The minimum atomic E-state index is -0.285. The number of nitrogens with one attached hydrogen (secondary N) is 1. The maximum Gasteiger partial charge on any atom is 0.338 e. The molecule has 3 aliphatic heterocycles. The summed E-state index contributed by atoms with van der Waals surface area (Å²) in [5.74, 6) is 1.13. The molecule has 166 valence electrons. The van der Waals surface area contributed by atoms with Crippen LogP contribution in [0.4, 0.5) is 5.69 Å². The second-order valence-electron chi connectivity index (χ2n) is 9.43. The van der Waals surface area contributed by atoms with Crippen LogP contribution in [0.15, 0.2) is 35.9 Å². The third-order valence-electron chi connectivity index (χ3n) is 7.57. The summed E-state index contributed by atoms with van der Waals surface area (Å²) in [6, 6.07) is 8.63. The van der Waals surface area contributed by atoms with E-state index < -0.39 is 0 Å². The largest absolute Gasteiger partial charge is 0.462 e. The van der Waals surface area contributed by atoms with Crippen LogP contribution in [0, 0.1) is 11.8 Å². The summed E-state index contributed by atoms with van der Waals surface area (Å²) in [5.41, 5.74) is 3.11. The van der Waals surface area contributed by atoms with Gasteiger partial charge in [-0.2, -0.15) is 0 Å². The lowest BCUT2D eigenvalue weighted by molar-refractivity contribution is 0.0132. The molecule has 4 aliphatic rings. The molecule has 1 N–H and O–H groups in total. The Balaban J connectivity index is 1.31. The maximum atomic E-state index is 11.9. The number of anilines is 1. The number of carbonyl (C=O) groups excluding carboxylic acids is 1. The van der Waals surface area contributed by atoms with Gasteiger partial charge in [0.1, 0.15) is 0 Å². The van der Waals surface area contributed by atoms with Crippen LogP contribution in [0.1, 0.15) is 55.8 Å². The van der Waals surface area contributed by atoms with E-state index in [9.17, 15) is 4.79 Å². The number of thiocarbonyl (C=S) groups is 1. The van der Waals surface area contributed by atoms with Gasteiger partial charge in [0, 0.05) is 24.8 Å². The van der Waals surface area contributed by atoms with Gasteiger partial charge < -0.3 is 15.0 Å². The fourth-order valence-corrected chi connectivity index (χ4v) is 6.62. The number of carbonyl (C=O) groups is 1. The normalized spacial score (nSPS) is 30.0. The van der Waals surface area contributed by atoms with Crippen LogP contribution in [-0.2, 0) is 4.74 Å². The third-order valence-corrected chi connectivity index (χ3v) is 7.90. The molecular weight excluding hydrogens is 406 g/mol. The molecule has 3 fully saturated rings. The lowest BCUT2D eigenvalue weighted by atomic mass is 9.68. The van der Waals surface area contributed by atoms with Crippen molar-refractivity contribution >= 4 is 29.0 Å². The number of ether oxygens (including phenoxy) is 1. The van der Waals surface area contributed by atoms with Crippen molar-refractivity contribution in [2.75, 3.05) is 31.6 Å². The van der Waals surface area contributed by atoms with E-state index in [1.807, 2.05) is 19.1 Å². The molecule has 1 aromatic rings. The molecule has 0 amide bonds.